The molecule has 4 rings (SSSR count). The minimum absolute atomic E-state index is 0.0797. The molecule has 0 spiro atoms. The van der Waals surface area contributed by atoms with Crippen LogP contribution in [-0.4, -0.2) is 43.0 Å². The Morgan fingerprint density at radius 1 is 1.00 bits per heavy atom. The van der Waals surface area contributed by atoms with E-state index in [1.165, 1.54) is 10.5 Å². The first-order chi connectivity index (χ1) is 15.0. The summed E-state index contributed by atoms with van der Waals surface area (Å²) in [5.74, 6) is -0.496. The van der Waals surface area contributed by atoms with Crippen molar-refractivity contribution in [2.75, 3.05) is 13.1 Å². The topological polar surface area (TPSA) is 99.1 Å². The van der Waals surface area contributed by atoms with Crippen molar-refractivity contribution in [3.8, 4) is 5.75 Å². The van der Waals surface area contributed by atoms with Gasteiger partial charge < -0.3 is 5.11 Å². The molecule has 1 amide bonds. The first kappa shape index (κ1) is 21.0. The number of sulfonamides is 1. The van der Waals surface area contributed by atoms with Crippen LogP contribution in [0.5, 0.6) is 5.75 Å². The molecule has 0 radical (unpaired) electrons. The molecule has 1 aliphatic heterocycles. The molecule has 1 fully saturated rings. The van der Waals surface area contributed by atoms with Gasteiger partial charge in [-0.2, -0.15) is 9.41 Å². The summed E-state index contributed by atoms with van der Waals surface area (Å²) in [6.45, 7) is 0.562. The molecular weight excluding hydrogens is 414 g/mol. The van der Waals surface area contributed by atoms with Crippen LogP contribution in [0.25, 0.3) is 10.8 Å². The predicted octanol–water partition coefficient (Wildman–Crippen LogP) is 3.10. The van der Waals surface area contributed by atoms with Gasteiger partial charge in [0.2, 0.25) is 15.9 Å². The van der Waals surface area contributed by atoms with E-state index in [1.807, 2.05) is 30.3 Å². The summed E-state index contributed by atoms with van der Waals surface area (Å²) in [7, 11) is -3.55. The molecular formula is C23H23N3O4S. The summed E-state index contributed by atoms with van der Waals surface area (Å²) >= 11 is 0. The van der Waals surface area contributed by atoms with E-state index in [4.69, 9.17) is 0 Å². The lowest BCUT2D eigenvalue weighted by molar-refractivity contribution is -0.126. The molecule has 1 aliphatic rings. The molecule has 3 aromatic rings. The third kappa shape index (κ3) is 4.45. The van der Waals surface area contributed by atoms with E-state index in [0.29, 0.717) is 18.4 Å². The number of benzene rings is 3. The SMILES string of the molecule is O=C(N/N=C\c1c(O)ccc2ccccc12)C1CCN(S(=O)(=O)c2ccccc2)CC1. The van der Waals surface area contributed by atoms with Crippen LogP contribution in [0, 0.1) is 5.92 Å². The van der Waals surface area contributed by atoms with Crippen LogP contribution in [0.3, 0.4) is 0 Å². The smallest absolute Gasteiger partial charge is 0.243 e. The van der Waals surface area contributed by atoms with Crippen LogP contribution >= 0.6 is 0 Å². The second-order valence-corrected chi connectivity index (χ2v) is 9.38. The first-order valence-electron chi connectivity index (χ1n) is 10.1. The Bertz CT molecular complexity index is 1220. The molecule has 2 N–H and O–H groups in total. The molecule has 0 aliphatic carbocycles. The van der Waals surface area contributed by atoms with Gasteiger partial charge in [0.15, 0.2) is 0 Å². The largest absolute Gasteiger partial charge is 0.507 e. The average molecular weight is 438 g/mol. The second kappa shape index (κ2) is 8.87. The van der Waals surface area contributed by atoms with E-state index in [9.17, 15) is 18.3 Å². The van der Waals surface area contributed by atoms with Crippen LogP contribution in [0.4, 0.5) is 0 Å². The quantitative estimate of drug-likeness (QED) is 0.473. The van der Waals surface area contributed by atoms with Gasteiger partial charge in [-0.15, -0.1) is 0 Å². The van der Waals surface area contributed by atoms with E-state index in [-0.39, 0.29) is 35.6 Å². The molecule has 8 heteroatoms. The van der Waals surface area contributed by atoms with Crippen molar-refractivity contribution in [3.63, 3.8) is 0 Å². The van der Waals surface area contributed by atoms with Gasteiger partial charge in [-0.1, -0.05) is 48.5 Å². The van der Waals surface area contributed by atoms with Gasteiger partial charge in [0.1, 0.15) is 5.75 Å². The maximum Gasteiger partial charge on any atom is 0.243 e. The zero-order valence-electron chi connectivity index (χ0n) is 16.8. The lowest BCUT2D eigenvalue weighted by Gasteiger charge is -2.30. The standard InChI is InChI=1S/C23H23N3O4S/c27-22-11-10-17-6-4-5-9-20(17)21(22)16-24-25-23(28)18-12-14-26(15-13-18)31(29,30)19-7-2-1-3-8-19/h1-11,16,18,27H,12-15H2,(H,25,28)/b24-16-. The zero-order chi connectivity index (χ0) is 21.8. The predicted molar refractivity (Wildman–Crippen MR) is 119 cm³/mol. The van der Waals surface area contributed by atoms with E-state index in [2.05, 4.69) is 10.5 Å². The van der Waals surface area contributed by atoms with Crippen LogP contribution in [0.15, 0.2) is 76.7 Å². The Balaban J connectivity index is 1.38. The number of nitrogens with one attached hydrogen (secondary N) is 1. The number of phenolic OH excluding ortho intramolecular Hbond substituents is 1. The lowest BCUT2D eigenvalue weighted by Crippen LogP contribution is -2.42. The summed E-state index contributed by atoms with van der Waals surface area (Å²) in [4.78, 5) is 12.8. The lowest BCUT2D eigenvalue weighted by atomic mass is 9.98. The fourth-order valence-electron chi connectivity index (χ4n) is 3.77. The molecule has 0 bridgehead atoms. The minimum Gasteiger partial charge on any atom is -0.507 e. The number of hydrogen-bond acceptors (Lipinski definition) is 5. The Labute approximate surface area is 181 Å². The molecule has 0 aromatic heterocycles. The van der Waals surface area contributed by atoms with Crippen molar-refractivity contribution in [1.82, 2.24) is 9.73 Å². The molecule has 1 heterocycles. The third-order valence-electron chi connectivity index (χ3n) is 5.52. The van der Waals surface area contributed by atoms with Crippen molar-refractivity contribution in [1.29, 1.82) is 0 Å². The number of fused-ring (bicyclic) bond motifs is 1. The minimum atomic E-state index is -3.55. The molecule has 0 saturated carbocycles. The summed E-state index contributed by atoms with van der Waals surface area (Å²) in [6.07, 6.45) is 2.28. The van der Waals surface area contributed by atoms with Gasteiger partial charge in [0.25, 0.3) is 0 Å². The molecule has 31 heavy (non-hydrogen) atoms. The highest BCUT2D eigenvalue weighted by molar-refractivity contribution is 7.89. The molecule has 160 valence electrons. The van der Waals surface area contributed by atoms with Crippen molar-refractivity contribution in [2.45, 2.75) is 17.7 Å². The van der Waals surface area contributed by atoms with Gasteiger partial charge in [0, 0.05) is 24.6 Å². The Kier molecular flexibility index (Phi) is 6.01. The fourth-order valence-corrected chi connectivity index (χ4v) is 5.26. The summed E-state index contributed by atoms with van der Waals surface area (Å²) in [6, 6.07) is 19.3. The van der Waals surface area contributed by atoms with Crippen molar-refractivity contribution >= 4 is 32.9 Å². The van der Waals surface area contributed by atoms with Crippen LogP contribution in [0.1, 0.15) is 18.4 Å². The maximum atomic E-state index is 12.7. The monoisotopic (exact) mass is 437 g/mol. The Hall–Kier alpha value is -3.23. The molecule has 0 unspecified atom stereocenters. The van der Waals surface area contributed by atoms with Crippen molar-refractivity contribution < 1.29 is 18.3 Å². The second-order valence-electron chi connectivity index (χ2n) is 7.45. The number of hydrazone groups is 1. The number of carbonyl (C=O) groups excluding carboxylic acids is 1. The number of piperidine rings is 1. The number of hydrogen-bond donors (Lipinski definition) is 2. The van der Waals surface area contributed by atoms with E-state index in [1.54, 1.807) is 36.4 Å². The fraction of sp³-hybridized carbons (Fsp3) is 0.217. The molecule has 1 saturated heterocycles. The number of amides is 1. The summed E-state index contributed by atoms with van der Waals surface area (Å²) in [5.41, 5.74) is 3.06. The van der Waals surface area contributed by atoms with E-state index in [0.717, 1.165) is 10.8 Å². The average Bonchev–Trinajstić information content (AvgIpc) is 2.81. The number of nitrogens with zero attached hydrogens (tertiary/aromatic N) is 2. The van der Waals surface area contributed by atoms with E-state index >= 15 is 0 Å². The van der Waals surface area contributed by atoms with Crippen LogP contribution in [0.2, 0.25) is 0 Å². The highest BCUT2D eigenvalue weighted by Crippen LogP contribution is 2.26. The van der Waals surface area contributed by atoms with Gasteiger partial charge >= 0.3 is 0 Å². The Morgan fingerprint density at radius 2 is 1.68 bits per heavy atom. The highest BCUT2D eigenvalue weighted by atomic mass is 32.2. The van der Waals surface area contributed by atoms with Gasteiger partial charge in [0.05, 0.1) is 11.1 Å². The van der Waals surface area contributed by atoms with Crippen LogP contribution in [-0.2, 0) is 14.8 Å². The van der Waals surface area contributed by atoms with Crippen molar-refractivity contribution in [3.05, 3.63) is 72.3 Å². The third-order valence-corrected chi connectivity index (χ3v) is 7.43. The zero-order valence-corrected chi connectivity index (χ0v) is 17.6. The number of carbonyl (C=O) groups is 1. The van der Waals surface area contributed by atoms with E-state index < -0.39 is 10.0 Å². The molecule has 0 atom stereocenters. The van der Waals surface area contributed by atoms with Crippen molar-refractivity contribution in [2.24, 2.45) is 11.0 Å². The number of phenols is 1. The van der Waals surface area contributed by atoms with Gasteiger partial charge in [-0.3, -0.25) is 4.79 Å². The first-order valence-corrected chi connectivity index (χ1v) is 11.5. The number of rotatable bonds is 5. The molecule has 7 nitrogen and oxygen atoms in total. The van der Waals surface area contributed by atoms with Gasteiger partial charge in [-0.05, 0) is 41.8 Å². The van der Waals surface area contributed by atoms with Gasteiger partial charge in [-0.25, -0.2) is 13.8 Å². The normalized spacial score (nSPS) is 16.0. The number of aromatic hydroxyl groups is 1. The highest BCUT2D eigenvalue weighted by Gasteiger charge is 2.31. The maximum absolute atomic E-state index is 12.7. The summed E-state index contributed by atoms with van der Waals surface area (Å²) in [5, 5.41) is 16.0. The summed E-state index contributed by atoms with van der Waals surface area (Å²) < 4.78 is 26.8. The molecule has 3 aromatic carbocycles. The Morgan fingerprint density at radius 3 is 2.42 bits per heavy atom. The van der Waals surface area contributed by atoms with Crippen LogP contribution < -0.4 is 5.43 Å².